The second-order valence-corrected chi connectivity index (χ2v) is 10.7. The number of rotatable bonds is 7. The van der Waals surface area contributed by atoms with E-state index in [-0.39, 0.29) is 23.2 Å². The Hall–Kier alpha value is -2.95. The molecular weight excluding hydrogens is 530 g/mol. The minimum absolute atomic E-state index is 0.214. The highest BCUT2D eigenvalue weighted by Gasteiger charge is 2.76. The standard InChI is InChI=1S/C26H28BrN3O6/c1-14(13-31)30-22(24(33)29-16-8-10-17(35-2)11-9-16)26-12-18(27)21(36-26)19(20(26)25(30)34)23(32)28-15-6-4-3-5-7-15/h3-11,14,18-22,31H,12-13H2,1-2H3,(H,28,32)(H,29,33)/t14-,18?,19-,20+,21-,22?,26?/m1/s1. The number of methoxy groups -OCH3 is 1. The largest absolute Gasteiger partial charge is 0.497 e. The van der Waals surface area contributed by atoms with Gasteiger partial charge in [0.25, 0.3) is 0 Å². The van der Waals surface area contributed by atoms with Gasteiger partial charge in [0.05, 0.1) is 37.7 Å². The van der Waals surface area contributed by atoms with Crippen LogP contribution in [0.15, 0.2) is 54.6 Å². The lowest BCUT2D eigenvalue weighted by Gasteiger charge is -2.35. The third kappa shape index (κ3) is 3.88. The zero-order valence-corrected chi connectivity index (χ0v) is 21.5. The number of aliphatic hydroxyl groups is 1. The molecule has 3 fully saturated rings. The van der Waals surface area contributed by atoms with Gasteiger partial charge in [-0.15, -0.1) is 0 Å². The van der Waals surface area contributed by atoms with Crippen molar-refractivity contribution in [3.05, 3.63) is 54.6 Å². The molecular formula is C26H28BrN3O6. The lowest BCUT2D eigenvalue weighted by atomic mass is 9.70. The molecule has 190 valence electrons. The first-order valence-corrected chi connectivity index (χ1v) is 12.8. The molecule has 9 nitrogen and oxygen atoms in total. The van der Waals surface area contributed by atoms with Gasteiger partial charge in [0.2, 0.25) is 17.7 Å². The molecule has 1 spiro atoms. The zero-order chi connectivity index (χ0) is 25.6. The summed E-state index contributed by atoms with van der Waals surface area (Å²) in [6.07, 6.45) is -0.177. The van der Waals surface area contributed by atoms with Gasteiger partial charge < -0.3 is 30.1 Å². The molecule has 2 aromatic rings. The average molecular weight is 558 g/mol. The third-order valence-corrected chi connectivity index (χ3v) is 8.26. The van der Waals surface area contributed by atoms with Crippen molar-refractivity contribution in [2.75, 3.05) is 24.4 Å². The quantitative estimate of drug-likeness (QED) is 0.450. The monoisotopic (exact) mass is 557 g/mol. The topological polar surface area (TPSA) is 117 Å². The number of fused-ring (bicyclic) bond motifs is 1. The molecule has 2 aromatic carbocycles. The maximum Gasteiger partial charge on any atom is 0.250 e. The van der Waals surface area contributed by atoms with Gasteiger partial charge in [0.1, 0.15) is 17.4 Å². The average Bonchev–Trinajstić information content (AvgIpc) is 3.48. The van der Waals surface area contributed by atoms with E-state index in [1.807, 2.05) is 18.2 Å². The van der Waals surface area contributed by atoms with E-state index in [1.165, 1.54) is 4.90 Å². The molecule has 5 rings (SSSR count). The number of carbonyl (C=O) groups is 3. The summed E-state index contributed by atoms with van der Waals surface area (Å²) in [7, 11) is 1.56. The van der Waals surface area contributed by atoms with E-state index in [4.69, 9.17) is 9.47 Å². The zero-order valence-electron chi connectivity index (χ0n) is 19.9. The van der Waals surface area contributed by atoms with Crippen molar-refractivity contribution >= 4 is 45.0 Å². The van der Waals surface area contributed by atoms with E-state index >= 15 is 0 Å². The van der Waals surface area contributed by atoms with E-state index in [0.717, 1.165) is 0 Å². The highest BCUT2D eigenvalue weighted by atomic mass is 79.9. The number of likely N-dealkylation sites (tertiary alicyclic amines) is 1. The second-order valence-electron chi connectivity index (χ2n) is 9.51. The first-order chi connectivity index (χ1) is 17.3. The summed E-state index contributed by atoms with van der Waals surface area (Å²) in [5.41, 5.74) is -0.0505. The van der Waals surface area contributed by atoms with Gasteiger partial charge >= 0.3 is 0 Å². The first kappa shape index (κ1) is 24.7. The molecule has 3 saturated heterocycles. The molecule has 3 heterocycles. The van der Waals surface area contributed by atoms with Crippen LogP contribution in [-0.2, 0) is 19.1 Å². The van der Waals surface area contributed by atoms with Crippen LogP contribution in [0.25, 0.3) is 0 Å². The molecule has 3 aliphatic heterocycles. The van der Waals surface area contributed by atoms with Crippen molar-refractivity contribution in [2.45, 2.75) is 42.0 Å². The summed E-state index contributed by atoms with van der Waals surface area (Å²) in [5, 5.41) is 15.7. The molecule has 3 aliphatic rings. The van der Waals surface area contributed by atoms with Gasteiger partial charge in [-0.05, 0) is 49.7 Å². The number of alkyl halides is 1. The van der Waals surface area contributed by atoms with Gasteiger partial charge in [0.15, 0.2) is 0 Å². The summed E-state index contributed by atoms with van der Waals surface area (Å²) in [6, 6.07) is 14.2. The second kappa shape index (κ2) is 9.49. The van der Waals surface area contributed by atoms with Gasteiger partial charge in [0, 0.05) is 16.2 Å². The number of nitrogens with zero attached hydrogens (tertiary/aromatic N) is 1. The predicted octanol–water partition coefficient (Wildman–Crippen LogP) is 2.40. The highest BCUT2D eigenvalue weighted by Crippen LogP contribution is 2.60. The number of carbonyl (C=O) groups excluding carboxylic acids is 3. The fourth-order valence-electron chi connectivity index (χ4n) is 5.86. The summed E-state index contributed by atoms with van der Waals surface area (Å²) in [6.45, 7) is 1.35. The Morgan fingerprint density at radius 1 is 1.14 bits per heavy atom. The Bertz CT molecular complexity index is 1160. The van der Waals surface area contributed by atoms with E-state index in [0.29, 0.717) is 23.5 Å². The number of nitrogens with one attached hydrogen (secondary N) is 2. The lowest BCUT2D eigenvalue weighted by molar-refractivity contribution is -0.142. The number of ether oxygens (including phenoxy) is 2. The van der Waals surface area contributed by atoms with Crippen LogP contribution in [0.5, 0.6) is 5.75 Å². The van der Waals surface area contributed by atoms with Gasteiger partial charge in [-0.25, -0.2) is 0 Å². The van der Waals surface area contributed by atoms with Crippen LogP contribution in [0.1, 0.15) is 13.3 Å². The van der Waals surface area contributed by atoms with E-state index in [9.17, 15) is 19.5 Å². The lowest BCUT2D eigenvalue weighted by Crippen LogP contribution is -2.56. The molecule has 3 amide bonds. The van der Waals surface area contributed by atoms with Crippen molar-refractivity contribution in [3.8, 4) is 5.75 Å². The Labute approximate surface area is 217 Å². The summed E-state index contributed by atoms with van der Waals surface area (Å²) < 4.78 is 11.6. The Morgan fingerprint density at radius 3 is 2.42 bits per heavy atom. The van der Waals surface area contributed by atoms with Crippen molar-refractivity contribution < 1.29 is 29.0 Å². The first-order valence-electron chi connectivity index (χ1n) is 11.9. The molecule has 10 heteroatoms. The van der Waals surface area contributed by atoms with E-state index in [2.05, 4.69) is 26.6 Å². The molecule has 36 heavy (non-hydrogen) atoms. The van der Waals surface area contributed by atoms with E-state index in [1.54, 1.807) is 50.4 Å². The van der Waals surface area contributed by atoms with Crippen LogP contribution >= 0.6 is 15.9 Å². The van der Waals surface area contributed by atoms with Crippen molar-refractivity contribution in [2.24, 2.45) is 11.8 Å². The van der Waals surface area contributed by atoms with Gasteiger partial charge in [-0.3, -0.25) is 14.4 Å². The Kier molecular flexibility index (Phi) is 6.52. The normalized spacial score (nSPS) is 31.2. The molecule has 2 bridgehead atoms. The molecule has 0 radical (unpaired) electrons. The van der Waals surface area contributed by atoms with Gasteiger partial charge in [-0.2, -0.15) is 0 Å². The number of anilines is 2. The van der Waals surface area contributed by atoms with Crippen LogP contribution in [-0.4, -0.2) is 70.1 Å². The maximum absolute atomic E-state index is 13.8. The van der Waals surface area contributed by atoms with Crippen LogP contribution in [0.4, 0.5) is 11.4 Å². The summed E-state index contributed by atoms with van der Waals surface area (Å²) in [5.74, 6) is -2.11. The van der Waals surface area contributed by atoms with E-state index < -0.39 is 41.5 Å². The molecule has 0 saturated carbocycles. The molecule has 3 N–H and O–H groups in total. The number of benzene rings is 2. The van der Waals surface area contributed by atoms with Crippen LogP contribution in [0.3, 0.4) is 0 Å². The van der Waals surface area contributed by atoms with Gasteiger partial charge in [-0.1, -0.05) is 34.1 Å². The predicted molar refractivity (Wildman–Crippen MR) is 136 cm³/mol. The molecule has 0 aromatic heterocycles. The van der Waals surface area contributed by atoms with Crippen LogP contribution in [0.2, 0.25) is 0 Å². The Morgan fingerprint density at radius 2 is 1.78 bits per heavy atom. The molecule has 3 unspecified atom stereocenters. The smallest absolute Gasteiger partial charge is 0.250 e. The number of halogens is 1. The molecule has 0 aliphatic carbocycles. The number of aliphatic hydroxyl groups excluding tert-OH is 1. The highest BCUT2D eigenvalue weighted by molar-refractivity contribution is 9.09. The fraction of sp³-hybridized carbons (Fsp3) is 0.423. The number of amides is 3. The number of para-hydroxylation sites is 1. The SMILES string of the molecule is COc1ccc(NC(=O)C2N([C@H](C)CO)C(=O)[C@@H]3[C@@H](C(=O)Nc4ccccc4)[C@@H]4OC23CC4Br)cc1. The van der Waals surface area contributed by atoms with Crippen LogP contribution < -0.4 is 15.4 Å². The number of hydrogen-bond acceptors (Lipinski definition) is 6. The Balaban J connectivity index is 1.49. The number of hydrogen-bond donors (Lipinski definition) is 3. The summed E-state index contributed by atoms with van der Waals surface area (Å²) in [4.78, 5) is 42.2. The minimum atomic E-state index is -1.20. The van der Waals surface area contributed by atoms with Crippen LogP contribution in [0, 0.1) is 11.8 Å². The fourth-order valence-corrected chi connectivity index (χ4v) is 6.80. The summed E-state index contributed by atoms with van der Waals surface area (Å²) >= 11 is 3.64. The molecule has 7 atom stereocenters. The van der Waals surface area contributed by atoms with Crippen molar-refractivity contribution in [1.29, 1.82) is 0 Å². The maximum atomic E-state index is 13.8. The van der Waals surface area contributed by atoms with Crippen molar-refractivity contribution in [1.82, 2.24) is 4.90 Å². The minimum Gasteiger partial charge on any atom is -0.497 e. The van der Waals surface area contributed by atoms with Crippen molar-refractivity contribution in [3.63, 3.8) is 0 Å². The third-order valence-electron chi connectivity index (χ3n) is 7.42.